The Bertz CT molecular complexity index is 1010. The van der Waals surface area contributed by atoms with Crippen molar-refractivity contribution in [2.24, 2.45) is 0 Å². The van der Waals surface area contributed by atoms with Crippen molar-refractivity contribution in [3.63, 3.8) is 0 Å². The maximum Gasteiger partial charge on any atom is 0.273 e. The molecule has 1 aromatic carbocycles. The molecule has 4 aromatic rings. The summed E-state index contributed by atoms with van der Waals surface area (Å²) < 4.78 is 7.24. The summed E-state index contributed by atoms with van der Waals surface area (Å²) >= 11 is 1.56. The smallest absolute Gasteiger partial charge is 0.273 e. The summed E-state index contributed by atoms with van der Waals surface area (Å²) in [4.78, 5) is 19.7. The molecule has 0 saturated heterocycles. The molecular formula is C19H19N5O2S. The van der Waals surface area contributed by atoms with Gasteiger partial charge in [-0.15, -0.1) is 11.3 Å². The van der Waals surface area contributed by atoms with Crippen molar-refractivity contribution in [3.8, 4) is 0 Å². The second kappa shape index (κ2) is 7.73. The molecule has 0 spiro atoms. The SMILES string of the molecule is CN(Cc1ccccc1)Cc1cc(C(=O)NCc2cn3ccsc3n2)no1. The van der Waals surface area contributed by atoms with Crippen LogP contribution >= 0.6 is 11.3 Å². The Labute approximate surface area is 160 Å². The molecule has 3 aromatic heterocycles. The van der Waals surface area contributed by atoms with Crippen LogP contribution in [0.25, 0.3) is 4.96 Å². The molecule has 0 bridgehead atoms. The van der Waals surface area contributed by atoms with Gasteiger partial charge in [-0.05, 0) is 12.6 Å². The summed E-state index contributed by atoms with van der Waals surface area (Å²) in [6.07, 6.45) is 3.84. The van der Waals surface area contributed by atoms with Crippen LogP contribution in [0, 0.1) is 0 Å². The standard InChI is InChI=1S/C19H19N5O2S/c1-23(11-14-5-3-2-4-6-14)13-16-9-17(22-26-16)18(25)20-10-15-12-24-7-8-27-19(24)21-15/h2-9,12H,10-11,13H2,1H3,(H,20,25). The predicted molar refractivity (Wildman–Crippen MR) is 102 cm³/mol. The van der Waals surface area contributed by atoms with E-state index in [1.807, 2.05) is 47.4 Å². The lowest BCUT2D eigenvalue weighted by Crippen LogP contribution is -2.23. The second-order valence-electron chi connectivity index (χ2n) is 6.34. The van der Waals surface area contributed by atoms with Crippen molar-refractivity contribution in [3.05, 3.63) is 76.9 Å². The monoisotopic (exact) mass is 381 g/mol. The van der Waals surface area contributed by atoms with E-state index >= 15 is 0 Å². The van der Waals surface area contributed by atoms with Crippen LogP contribution in [0.4, 0.5) is 0 Å². The quantitative estimate of drug-likeness (QED) is 0.533. The number of aromatic nitrogens is 3. The van der Waals surface area contributed by atoms with Gasteiger partial charge >= 0.3 is 0 Å². The molecule has 4 rings (SSSR count). The highest BCUT2D eigenvalue weighted by atomic mass is 32.1. The molecule has 0 radical (unpaired) electrons. The number of hydrogen-bond acceptors (Lipinski definition) is 6. The minimum Gasteiger partial charge on any atom is -0.359 e. The molecule has 138 valence electrons. The zero-order valence-corrected chi connectivity index (χ0v) is 15.6. The summed E-state index contributed by atoms with van der Waals surface area (Å²) in [5, 5.41) is 8.68. The molecule has 1 amide bonds. The minimum absolute atomic E-state index is 0.271. The van der Waals surface area contributed by atoms with Crippen molar-refractivity contribution in [1.82, 2.24) is 24.8 Å². The van der Waals surface area contributed by atoms with Gasteiger partial charge in [0.2, 0.25) is 0 Å². The van der Waals surface area contributed by atoms with E-state index in [1.165, 1.54) is 5.56 Å². The first-order valence-corrected chi connectivity index (χ1v) is 9.43. The molecular weight excluding hydrogens is 362 g/mol. The predicted octanol–water partition coefficient (Wildman–Crippen LogP) is 2.95. The Morgan fingerprint density at radius 2 is 2.15 bits per heavy atom. The third kappa shape index (κ3) is 4.24. The van der Waals surface area contributed by atoms with Gasteiger partial charge in [-0.25, -0.2) is 4.98 Å². The number of carbonyl (C=O) groups is 1. The van der Waals surface area contributed by atoms with E-state index in [0.29, 0.717) is 18.8 Å². The molecule has 0 atom stereocenters. The Morgan fingerprint density at radius 3 is 2.96 bits per heavy atom. The number of benzene rings is 1. The normalized spacial score (nSPS) is 11.3. The van der Waals surface area contributed by atoms with Gasteiger partial charge in [-0.3, -0.25) is 14.1 Å². The Morgan fingerprint density at radius 1 is 1.30 bits per heavy atom. The third-order valence-electron chi connectivity index (χ3n) is 4.09. The highest BCUT2D eigenvalue weighted by Gasteiger charge is 2.14. The molecule has 0 aliphatic carbocycles. The van der Waals surface area contributed by atoms with Gasteiger partial charge in [-0.1, -0.05) is 35.5 Å². The summed E-state index contributed by atoms with van der Waals surface area (Å²) in [7, 11) is 2.00. The fraction of sp³-hybridized carbons (Fsp3) is 0.211. The highest BCUT2D eigenvalue weighted by Crippen LogP contribution is 2.12. The van der Waals surface area contributed by atoms with E-state index in [2.05, 4.69) is 32.5 Å². The lowest BCUT2D eigenvalue weighted by atomic mass is 10.2. The van der Waals surface area contributed by atoms with Gasteiger partial charge in [0, 0.05) is 30.4 Å². The van der Waals surface area contributed by atoms with Crippen LogP contribution in [0.15, 0.2) is 58.7 Å². The summed E-state index contributed by atoms with van der Waals surface area (Å²) in [6, 6.07) is 11.9. The molecule has 0 unspecified atom stereocenters. The van der Waals surface area contributed by atoms with Crippen LogP contribution in [-0.4, -0.2) is 32.4 Å². The molecule has 0 fully saturated rings. The molecule has 27 heavy (non-hydrogen) atoms. The number of hydrogen-bond donors (Lipinski definition) is 1. The van der Waals surface area contributed by atoms with Crippen LogP contribution in [0.2, 0.25) is 0 Å². The maximum atomic E-state index is 12.3. The first kappa shape index (κ1) is 17.4. The van der Waals surface area contributed by atoms with Crippen LogP contribution in [0.3, 0.4) is 0 Å². The number of nitrogens with zero attached hydrogens (tertiary/aromatic N) is 4. The van der Waals surface area contributed by atoms with Crippen molar-refractivity contribution < 1.29 is 9.32 Å². The molecule has 1 N–H and O–H groups in total. The first-order chi connectivity index (χ1) is 13.2. The van der Waals surface area contributed by atoms with Crippen LogP contribution < -0.4 is 5.32 Å². The van der Waals surface area contributed by atoms with Crippen molar-refractivity contribution in [2.75, 3.05) is 7.05 Å². The van der Waals surface area contributed by atoms with E-state index in [0.717, 1.165) is 17.2 Å². The Balaban J connectivity index is 1.31. The fourth-order valence-electron chi connectivity index (χ4n) is 2.83. The first-order valence-electron chi connectivity index (χ1n) is 8.55. The number of carbonyl (C=O) groups excluding carboxylic acids is 1. The summed E-state index contributed by atoms with van der Waals surface area (Å²) in [5.41, 5.74) is 2.30. The number of rotatable bonds is 7. The third-order valence-corrected chi connectivity index (χ3v) is 4.86. The second-order valence-corrected chi connectivity index (χ2v) is 7.22. The van der Waals surface area contributed by atoms with Crippen LogP contribution in [0.5, 0.6) is 0 Å². The molecule has 0 aliphatic rings. The zero-order valence-electron chi connectivity index (χ0n) is 14.8. The van der Waals surface area contributed by atoms with E-state index < -0.39 is 0 Å². The van der Waals surface area contributed by atoms with Gasteiger partial charge < -0.3 is 9.84 Å². The van der Waals surface area contributed by atoms with Crippen LogP contribution in [-0.2, 0) is 19.6 Å². The molecule has 8 heteroatoms. The molecule has 0 aliphatic heterocycles. The average Bonchev–Trinajstić information content (AvgIpc) is 3.36. The van der Waals surface area contributed by atoms with E-state index in [-0.39, 0.29) is 11.6 Å². The minimum atomic E-state index is -0.271. The number of fused-ring (bicyclic) bond motifs is 1. The topological polar surface area (TPSA) is 75.7 Å². The largest absolute Gasteiger partial charge is 0.359 e. The zero-order chi connectivity index (χ0) is 18.6. The highest BCUT2D eigenvalue weighted by molar-refractivity contribution is 7.15. The number of amides is 1. The number of nitrogens with one attached hydrogen (secondary N) is 1. The van der Waals surface area contributed by atoms with Gasteiger partial charge in [0.25, 0.3) is 5.91 Å². The van der Waals surface area contributed by atoms with Gasteiger partial charge in [-0.2, -0.15) is 0 Å². The average molecular weight is 381 g/mol. The van der Waals surface area contributed by atoms with Gasteiger partial charge in [0.05, 0.1) is 18.8 Å². The lowest BCUT2D eigenvalue weighted by molar-refractivity contribution is 0.0941. The Hall–Kier alpha value is -2.97. The molecule has 7 nitrogen and oxygen atoms in total. The summed E-state index contributed by atoms with van der Waals surface area (Å²) in [5.74, 6) is 0.383. The van der Waals surface area contributed by atoms with Crippen molar-refractivity contribution >= 4 is 22.2 Å². The number of imidazole rings is 1. The van der Waals surface area contributed by atoms with E-state index in [1.54, 1.807) is 17.4 Å². The number of thiazole rings is 1. The fourth-order valence-corrected chi connectivity index (χ4v) is 3.55. The van der Waals surface area contributed by atoms with Crippen molar-refractivity contribution in [2.45, 2.75) is 19.6 Å². The van der Waals surface area contributed by atoms with E-state index in [4.69, 9.17) is 4.52 Å². The van der Waals surface area contributed by atoms with Gasteiger partial charge in [0.15, 0.2) is 16.4 Å². The van der Waals surface area contributed by atoms with Crippen LogP contribution in [0.1, 0.15) is 27.5 Å². The Kier molecular flexibility index (Phi) is 4.99. The maximum absolute atomic E-state index is 12.3. The lowest BCUT2D eigenvalue weighted by Gasteiger charge is -2.14. The van der Waals surface area contributed by atoms with E-state index in [9.17, 15) is 4.79 Å². The van der Waals surface area contributed by atoms with Crippen molar-refractivity contribution in [1.29, 1.82) is 0 Å². The molecule has 3 heterocycles. The molecule has 0 saturated carbocycles. The van der Waals surface area contributed by atoms with Gasteiger partial charge in [0.1, 0.15) is 0 Å². The summed E-state index contributed by atoms with van der Waals surface area (Å²) in [6.45, 7) is 1.72.